The predicted octanol–water partition coefficient (Wildman–Crippen LogP) is 2.13. The summed E-state index contributed by atoms with van der Waals surface area (Å²) < 4.78 is 1.35. The molecular formula is C16H18N2O3. The van der Waals surface area contributed by atoms with Gasteiger partial charge in [-0.15, -0.1) is 0 Å². The second kappa shape index (κ2) is 5.91. The zero-order valence-electron chi connectivity index (χ0n) is 12.4. The number of aromatic nitrogens is 2. The van der Waals surface area contributed by atoms with Gasteiger partial charge < -0.3 is 9.55 Å². The van der Waals surface area contributed by atoms with Crippen molar-refractivity contribution in [3.63, 3.8) is 0 Å². The Morgan fingerprint density at radius 2 is 2.00 bits per heavy atom. The van der Waals surface area contributed by atoms with Crippen molar-refractivity contribution in [2.45, 2.75) is 33.7 Å². The van der Waals surface area contributed by atoms with Crippen molar-refractivity contribution >= 4 is 11.6 Å². The average molecular weight is 286 g/mol. The van der Waals surface area contributed by atoms with Gasteiger partial charge >= 0.3 is 0 Å². The molecule has 0 amide bonds. The highest BCUT2D eigenvalue weighted by Crippen LogP contribution is 2.21. The van der Waals surface area contributed by atoms with E-state index in [0.717, 1.165) is 5.56 Å². The van der Waals surface area contributed by atoms with Crippen molar-refractivity contribution in [1.29, 1.82) is 0 Å². The number of hydrogen-bond donors (Lipinski definition) is 1. The number of aromatic amines is 1. The summed E-state index contributed by atoms with van der Waals surface area (Å²) in [5.74, 6) is -0.257. The molecule has 0 aliphatic rings. The quantitative estimate of drug-likeness (QED) is 0.856. The van der Waals surface area contributed by atoms with Crippen LogP contribution in [0.15, 0.2) is 29.2 Å². The second-order valence-corrected chi connectivity index (χ2v) is 4.98. The molecule has 5 nitrogen and oxygen atoms in total. The van der Waals surface area contributed by atoms with Crippen molar-refractivity contribution in [2.24, 2.45) is 0 Å². The average Bonchev–Trinajstić information content (AvgIpc) is 2.78. The minimum Gasteiger partial charge on any atom is -0.355 e. The molecule has 21 heavy (non-hydrogen) atoms. The number of nitrogens with one attached hydrogen (secondary N) is 1. The molecule has 0 aliphatic heterocycles. The summed E-state index contributed by atoms with van der Waals surface area (Å²) in [4.78, 5) is 38.8. The van der Waals surface area contributed by atoms with Gasteiger partial charge in [-0.2, -0.15) is 0 Å². The number of aryl methyl sites for hydroxylation is 1. The van der Waals surface area contributed by atoms with Crippen LogP contribution in [0.4, 0.5) is 0 Å². The zero-order valence-corrected chi connectivity index (χ0v) is 12.4. The molecule has 0 atom stereocenters. The molecule has 0 bridgehead atoms. The van der Waals surface area contributed by atoms with Crippen LogP contribution in [0.2, 0.25) is 0 Å². The molecule has 2 rings (SSSR count). The molecule has 0 radical (unpaired) electrons. The third kappa shape index (κ3) is 2.86. The van der Waals surface area contributed by atoms with Gasteiger partial charge in [-0.1, -0.05) is 13.0 Å². The minimum absolute atomic E-state index is 0.0377. The third-order valence-corrected chi connectivity index (χ3v) is 3.49. The van der Waals surface area contributed by atoms with Crippen LogP contribution in [0.1, 0.15) is 46.0 Å². The maximum Gasteiger partial charge on any atom is 0.250 e. The monoisotopic (exact) mass is 286 g/mol. The first-order chi connectivity index (χ1) is 9.95. The fourth-order valence-corrected chi connectivity index (χ4v) is 2.57. The number of ketones is 2. The lowest BCUT2D eigenvalue weighted by Gasteiger charge is -2.05. The Balaban J connectivity index is 2.41. The highest BCUT2D eigenvalue weighted by molar-refractivity contribution is 6.03. The van der Waals surface area contributed by atoms with E-state index in [2.05, 4.69) is 4.98 Å². The SMILES string of the molecule is CCc1c(C(=O)Cn2ccccc2=O)[nH]c(C)c1C(C)=O. The van der Waals surface area contributed by atoms with Crippen molar-refractivity contribution in [3.8, 4) is 0 Å². The normalized spacial score (nSPS) is 10.6. The molecule has 2 aromatic heterocycles. The van der Waals surface area contributed by atoms with E-state index in [9.17, 15) is 14.4 Å². The maximum atomic E-state index is 12.4. The summed E-state index contributed by atoms with van der Waals surface area (Å²) in [5.41, 5.74) is 2.22. The van der Waals surface area contributed by atoms with E-state index in [1.807, 2.05) is 6.92 Å². The summed E-state index contributed by atoms with van der Waals surface area (Å²) in [6, 6.07) is 4.75. The number of H-pyrrole nitrogens is 1. The second-order valence-electron chi connectivity index (χ2n) is 4.98. The van der Waals surface area contributed by atoms with Crippen LogP contribution in [0.5, 0.6) is 0 Å². The van der Waals surface area contributed by atoms with Gasteiger partial charge in [-0.05, 0) is 31.9 Å². The Labute approximate surface area is 122 Å². The van der Waals surface area contributed by atoms with Crippen LogP contribution in [0.25, 0.3) is 0 Å². The molecule has 1 N–H and O–H groups in total. The number of carbonyl (C=O) groups excluding carboxylic acids is 2. The van der Waals surface area contributed by atoms with Gasteiger partial charge in [0.05, 0.1) is 12.2 Å². The van der Waals surface area contributed by atoms with Gasteiger partial charge in [0.15, 0.2) is 11.6 Å². The molecule has 0 spiro atoms. The maximum absolute atomic E-state index is 12.4. The molecule has 0 unspecified atom stereocenters. The zero-order chi connectivity index (χ0) is 15.6. The third-order valence-electron chi connectivity index (χ3n) is 3.49. The summed E-state index contributed by atoms with van der Waals surface area (Å²) in [6.45, 7) is 5.14. The topological polar surface area (TPSA) is 71.9 Å². The van der Waals surface area contributed by atoms with Crippen LogP contribution in [-0.2, 0) is 13.0 Å². The molecule has 0 saturated heterocycles. The first kappa shape index (κ1) is 15.0. The molecule has 110 valence electrons. The van der Waals surface area contributed by atoms with Gasteiger partial charge in [0.1, 0.15) is 0 Å². The lowest BCUT2D eigenvalue weighted by molar-refractivity contribution is 0.0965. The van der Waals surface area contributed by atoms with Gasteiger partial charge in [0.2, 0.25) is 0 Å². The summed E-state index contributed by atoms with van der Waals surface area (Å²) in [6.07, 6.45) is 2.16. The molecule has 0 fully saturated rings. The fraction of sp³-hybridized carbons (Fsp3) is 0.312. The molecule has 2 heterocycles. The van der Waals surface area contributed by atoms with Gasteiger partial charge in [-0.3, -0.25) is 14.4 Å². The number of rotatable bonds is 5. The van der Waals surface area contributed by atoms with Gasteiger partial charge in [-0.25, -0.2) is 0 Å². The van der Waals surface area contributed by atoms with Gasteiger partial charge in [0.25, 0.3) is 5.56 Å². The van der Waals surface area contributed by atoms with Crippen LogP contribution in [0, 0.1) is 6.92 Å². The van der Waals surface area contributed by atoms with E-state index in [1.54, 1.807) is 25.3 Å². The number of hydrogen-bond acceptors (Lipinski definition) is 3. The standard InChI is InChI=1S/C16H18N2O3/c1-4-12-15(11(3)19)10(2)17-16(12)13(20)9-18-8-6-5-7-14(18)21/h5-8,17H,4,9H2,1-3H3. The molecule has 5 heteroatoms. The van der Waals surface area contributed by atoms with E-state index in [1.165, 1.54) is 17.6 Å². The Hall–Kier alpha value is -2.43. The molecular weight excluding hydrogens is 268 g/mol. The summed E-state index contributed by atoms with van der Waals surface area (Å²) >= 11 is 0. The Bertz CT molecular complexity index is 753. The van der Waals surface area contributed by atoms with E-state index in [4.69, 9.17) is 0 Å². The Morgan fingerprint density at radius 3 is 2.57 bits per heavy atom. The Morgan fingerprint density at radius 1 is 1.29 bits per heavy atom. The van der Waals surface area contributed by atoms with Crippen molar-refractivity contribution in [1.82, 2.24) is 9.55 Å². The van der Waals surface area contributed by atoms with Crippen molar-refractivity contribution in [2.75, 3.05) is 0 Å². The predicted molar refractivity (Wildman–Crippen MR) is 79.9 cm³/mol. The first-order valence-electron chi connectivity index (χ1n) is 6.86. The van der Waals surface area contributed by atoms with Gasteiger partial charge in [0, 0.05) is 23.5 Å². The molecule has 0 saturated carbocycles. The summed E-state index contributed by atoms with van der Waals surface area (Å²) in [5, 5.41) is 0. The minimum atomic E-state index is -0.223. The van der Waals surface area contributed by atoms with E-state index < -0.39 is 0 Å². The number of nitrogens with zero attached hydrogens (tertiary/aromatic N) is 1. The van der Waals surface area contributed by atoms with Crippen LogP contribution >= 0.6 is 0 Å². The lowest BCUT2D eigenvalue weighted by atomic mass is 10.0. The van der Waals surface area contributed by atoms with Crippen molar-refractivity contribution in [3.05, 3.63) is 57.3 Å². The van der Waals surface area contributed by atoms with Crippen LogP contribution < -0.4 is 5.56 Å². The Kier molecular flexibility index (Phi) is 4.21. The molecule has 2 aromatic rings. The van der Waals surface area contributed by atoms with Crippen LogP contribution in [-0.4, -0.2) is 21.1 Å². The molecule has 0 aliphatic carbocycles. The first-order valence-corrected chi connectivity index (χ1v) is 6.86. The summed E-state index contributed by atoms with van der Waals surface area (Å²) in [7, 11) is 0. The molecule has 0 aromatic carbocycles. The van der Waals surface area contributed by atoms with Crippen LogP contribution in [0.3, 0.4) is 0 Å². The number of carbonyl (C=O) groups is 2. The van der Waals surface area contributed by atoms with E-state index in [0.29, 0.717) is 23.4 Å². The highest BCUT2D eigenvalue weighted by Gasteiger charge is 2.21. The largest absolute Gasteiger partial charge is 0.355 e. The van der Waals surface area contributed by atoms with E-state index in [-0.39, 0.29) is 23.7 Å². The number of Topliss-reactive ketones (excluding diaryl/α,β-unsaturated/α-hetero) is 2. The van der Waals surface area contributed by atoms with Crippen molar-refractivity contribution < 1.29 is 9.59 Å². The van der Waals surface area contributed by atoms with E-state index >= 15 is 0 Å². The fourth-order valence-electron chi connectivity index (χ4n) is 2.57. The highest BCUT2D eigenvalue weighted by atomic mass is 16.1. The smallest absolute Gasteiger partial charge is 0.250 e. The number of pyridine rings is 1. The lowest BCUT2D eigenvalue weighted by Crippen LogP contribution is -2.23.